The molecule has 0 fully saturated rings. The number of aryl methyl sites for hydroxylation is 1. The maximum Gasteiger partial charge on any atom is 0.419 e. The number of unbranched alkanes of at least 4 members (excludes halogenated alkanes) is 1. The molecule has 1 aliphatic rings. The molecule has 4 amide bonds. The standard InChI is InChI=1S/C32H44FN5O6/c1-8-37(9-2)17-16-34-28(39)26-19(3)24(36-20(26)4)18-22-27-21(12-10-11-15-35-30(41)44-32(5,6)7)23(33)13-14-25(27)38(29(22)40)31(42)43/h13-14,18,36H,8-12,15-17H2,1-7H3,(H,34,39)(H,35,41)(H,42,43). The van der Waals surface area contributed by atoms with Crippen LogP contribution in [0.25, 0.3) is 11.6 Å². The summed E-state index contributed by atoms with van der Waals surface area (Å²) in [6, 6.07) is 2.44. The minimum absolute atomic E-state index is 0.0154. The molecule has 1 aromatic heterocycles. The van der Waals surface area contributed by atoms with E-state index >= 15 is 4.39 Å². The number of benzene rings is 1. The van der Waals surface area contributed by atoms with Crippen LogP contribution in [0.15, 0.2) is 12.1 Å². The smallest absolute Gasteiger partial charge is 0.419 e. The van der Waals surface area contributed by atoms with Crippen LogP contribution in [0, 0.1) is 19.7 Å². The molecular formula is C32H44FN5O6. The number of likely N-dealkylation sites (N-methyl/N-ethyl adjacent to an activating group) is 1. The first-order valence-electron chi connectivity index (χ1n) is 15.0. The Morgan fingerprint density at radius 3 is 2.39 bits per heavy atom. The topological polar surface area (TPSA) is 144 Å². The van der Waals surface area contributed by atoms with E-state index in [9.17, 15) is 24.3 Å². The molecule has 12 heteroatoms. The zero-order valence-electron chi connectivity index (χ0n) is 26.6. The van der Waals surface area contributed by atoms with E-state index < -0.39 is 29.5 Å². The van der Waals surface area contributed by atoms with Crippen LogP contribution >= 0.6 is 0 Å². The second kappa shape index (κ2) is 14.5. The number of anilines is 1. The Hall–Kier alpha value is -4.19. The highest BCUT2D eigenvalue weighted by atomic mass is 19.1. The highest BCUT2D eigenvalue weighted by Gasteiger charge is 2.39. The molecule has 0 radical (unpaired) electrons. The number of carbonyl (C=O) groups is 4. The predicted octanol–water partition coefficient (Wildman–Crippen LogP) is 5.25. The van der Waals surface area contributed by atoms with Crippen molar-refractivity contribution >= 4 is 41.3 Å². The van der Waals surface area contributed by atoms with Gasteiger partial charge in [0.25, 0.3) is 11.8 Å². The fourth-order valence-electron chi connectivity index (χ4n) is 5.29. The summed E-state index contributed by atoms with van der Waals surface area (Å²) in [5, 5.41) is 15.5. The molecule has 1 aromatic carbocycles. The number of hydrogen-bond donors (Lipinski definition) is 4. The number of rotatable bonds is 12. The predicted molar refractivity (Wildman–Crippen MR) is 167 cm³/mol. The zero-order chi connectivity index (χ0) is 32.8. The highest BCUT2D eigenvalue weighted by molar-refractivity contribution is 6.41. The first-order valence-corrected chi connectivity index (χ1v) is 15.0. The van der Waals surface area contributed by atoms with E-state index in [0.717, 1.165) is 19.2 Å². The lowest BCUT2D eigenvalue weighted by Gasteiger charge is -2.19. The van der Waals surface area contributed by atoms with Gasteiger partial charge >= 0.3 is 12.2 Å². The van der Waals surface area contributed by atoms with Crippen molar-refractivity contribution in [3.8, 4) is 0 Å². The van der Waals surface area contributed by atoms with Gasteiger partial charge in [0.05, 0.1) is 16.8 Å². The molecule has 0 unspecified atom stereocenters. The molecule has 0 aliphatic carbocycles. The third-order valence-corrected chi connectivity index (χ3v) is 7.49. The summed E-state index contributed by atoms with van der Waals surface area (Å²) in [4.78, 5) is 56.5. The minimum atomic E-state index is -1.48. The summed E-state index contributed by atoms with van der Waals surface area (Å²) in [5.74, 6) is -1.63. The van der Waals surface area contributed by atoms with Crippen LogP contribution in [-0.4, -0.2) is 77.3 Å². The molecular weight excluding hydrogens is 569 g/mol. The lowest BCUT2D eigenvalue weighted by molar-refractivity contribution is -0.112. The van der Waals surface area contributed by atoms with Crippen LogP contribution in [-0.2, 0) is 16.0 Å². The maximum atomic E-state index is 15.3. The molecule has 2 aromatic rings. The Morgan fingerprint density at radius 2 is 1.77 bits per heavy atom. The van der Waals surface area contributed by atoms with Gasteiger partial charge in [-0.05, 0) is 96.3 Å². The number of carboxylic acid groups (broad SMARTS) is 1. The zero-order valence-corrected chi connectivity index (χ0v) is 26.6. The Morgan fingerprint density at radius 1 is 1.09 bits per heavy atom. The quantitative estimate of drug-likeness (QED) is 0.189. The van der Waals surface area contributed by atoms with Crippen molar-refractivity contribution < 1.29 is 33.4 Å². The summed E-state index contributed by atoms with van der Waals surface area (Å²) in [5.41, 5.74) is 1.94. The van der Waals surface area contributed by atoms with E-state index in [-0.39, 0.29) is 34.7 Å². The van der Waals surface area contributed by atoms with Crippen molar-refractivity contribution in [3.63, 3.8) is 0 Å². The molecule has 4 N–H and O–H groups in total. The molecule has 240 valence electrons. The monoisotopic (exact) mass is 613 g/mol. The number of nitrogens with one attached hydrogen (secondary N) is 3. The Balaban J connectivity index is 1.88. The third-order valence-electron chi connectivity index (χ3n) is 7.49. The van der Waals surface area contributed by atoms with E-state index in [0.29, 0.717) is 59.9 Å². The third kappa shape index (κ3) is 8.04. The molecule has 0 bridgehead atoms. The number of aromatic nitrogens is 1. The number of alkyl carbamates (subject to hydrolysis) is 1. The van der Waals surface area contributed by atoms with Crippen molar-refractivity contribution in [3.05, 3.63) is 51.6 Å². The Labute approximate surface area is 257 Å². The Kier molecular flexibility index (Phi) is 11.3. The SMILES string of the molecule is CCN(CC)CCNC(=O)c1c(C)[nH]c(C=C2C(=O)N(C(=O)O)c3ccc(F)c(CCCCNC(=O)OC(C)(C)C)c32)c1C. The number of fused-ring (bicyclic) bond motifs is 1. The first kappa shape index (κ1) is 34.3. The fraction of sp³-hybridized carbons (Fsp3) is 0.500. The van der Waals surface area contributed by atoms with Gasteiger partial charge in [-0.25, -0.2) is 18.9 Å². The van der Waals surface area contributed by atoms with Gasteiger partial charge in [-0.15, -0.1) is 0 Å². The molecule has 0 atom stereocenters. The first-order chi connectivity index (χ1) is 20.7. The van der Waals surface area contributed by atoms with Crippen LogP contribution in [0.1, 0.15) is 85.9 Å². The van der Waals surface area contributed by atoms with Gasteiger partial charge < -0.3 is 30.4 Å². The van der Waals surface area contributed by atoms with Crippen molar-refractivity contribution in [2.75, 3.05) is 37.6 Å². The van der Waals surface area contributed by atoms with E-state index in [4.69, 9.17) is 4.74 Å². The molecule has 0 saturated carbocycles. The van der Waals surface area contributed by atoms with E-state index in [1.54, 1.807) is 34.6 Å². The van der Waals surface area contributed by atoms with Crippen LogP contribution in [0.4, 0.5) is 19.7 Å². The van der Waals surface area contributed by atoms with Crippen molar-refractivity contribution in [2.24, 2.45) is 0 Å². The van der Waals surface area contributed by atoms with Crippen molar-refractivity contribution in [1.29, 1.82) is 0 Å². The van der Waals surface area contributed by atoms with Crippen molar-refractivity contribution in [1.82, 2.24) is 20.5 Å². The van der Waals surface area contributed by atoms with Crippen LogP contribution in [0.3, 0.4) is 0 Å². The number of imide groups is 1. The summed E-state index contributed by atoms with van der Waals surface area (Å²) in [7, 11) is 0. The maximum absolute atomic E-state index is 15.3. The molecule has 2 heterocycles. The number of amides is 4. The van der Waals surface area contributed by atoms with Crippen LogP contribution in [0.5, 0.6) is 0 Å². The Bertz CT molecular complexity index is 1440. The van der Waals surface area contributed by atoms with Gasteiger partial charge in [-0.1, -0.05) is 13.8 Å². The number of carbonyl (C=O) groups excluding carboxylic acids is 3. The molecule has 44 heavy (non-hydrogen) atoms. The molecule has 1 aliphatic heterocycles. The summed E-state index contributed by atoms with van der Waals surface area (Å²) in [6.45, 7) is 16.1. The van der Waals surface area contributed by atoms with Gasteiger partial charge in [0, 0.05) is 36.6 Å². The molecule has 11 nitrogen and oxygen atoms in total. The lowest BCUT2D eigenvalue weighted by Crippen LogP contribution is -2.35. The van der Waals surface area contributed by atoms with Gasteiger partial charge in [0.15, 0.2) is 0 Å². The van der Waals surface area contributed by atoms with Gasteiger partial charge in [0.2, 0.25) is 0 Å². The number of halogens is 1. The second-order valence-electron chi connectivity index (χ2n) is 11.7. The number of nitrogens with zero attached hydrogens (tertiary/aromatic N) is 2. The van der Waals surface area contributed by atoms with Crippen LogP contribution < -0.4 is 15.5 Å². The fourth-order valence-corrected chi connectivity index (χ4v) is 5.29. The van der Waals surface area contributed by atoms with E-state index in [1.807, 2.05) is 0 Å². The summed E-state index contributed by atoms with van der Waals surface area (Å²) < 4.78 is 20.5. The van der Waals surface area contributed by atoms with Crippen LogP contribution in [0.2, 0.25) is 0 Å². The summed E-state index contributed by atoms with van der Waals surface area (Å²) in [6.07, 6.45) is 0.616. The number of aromatic amines is 1. The molecule has 3 rings (SSSR count). The van der Waals surface area contributed by atoms with Gasteiger partial charge in [-0.2, -0.15) is 0 Å². The number of ether oxygens (including phenoxy) is 1. The normalized spacial score (nSPS) is 13.9. The average molecular weight is 614 g/mol. The molecule has 0 saturated heterocycles. The average Bonchev–Trinajstić information content (AvgIpc) is 3.38. The number of hydrogen-bond acceptors (Lipinski definition) is 6. The van der Waals surface area contributed by atoms with E-state index in [2.05, 4.69) is 34.4 Å². The largest absolute Gasteiger partial charge is 0.464 e. The van der Waals surface area contributed by atoms with Gasteiger partial charge in [0.1, 0.15) is 11.4 Å². The highest BCUT2D eigenvalue weighted by Crippen LogP contribution is 2.42. The molecule has 0 spiro atoms. The van der Waals surface area contributed by atoms with Gasteiger partial charge in [-0.3, -0.25) is 9.59 Å². The van der Waals surface area contributed by atoms with Crippen molar-refractivity contribution in [2.45, 2.75) is 73.3 Å². The minimum Gasteiger partial charge on any atom is -0.464 e. The van der Waals surface area contributed by atoms with E-state index in [1.165, 1.54) is 12.1 Å². The number of H-pyrrole nitrogens is 1. The second-order valence-corrected chi connectivity index (χ2v) is 11.7. The summed E-state index contributed by atoms with van der Waals surface area (Å²) >= 11 is 0. The lowest BCUT2D eigenvalue weighted by atomic mass is 9.95.